The molecule has 1 aliphatic rings. The van der Waals surface area contributed by atoms with E-state index in [-0.39, 0.29) is 10.8 Å². The van der Waals surface area contributed by atoms with Crippen LogP contribution in [0.2, 0.25) is 0 Å². The predicted molar refractivity (Wildman–Crippen MR) is 159 cm³/mol. The number of phenols is 1. The van der Waals surface area contributed by atoms with Crippen LogP contribution >= 0.6 is 0 Å². The van der Waals surface area contributed by atoms with E-state index in [0.29, 0.717) is 5.75 Å². The molecule has 2 heterocycles. The highest BCUT2D eigenvalue weighted by atomic mass is 16.3. The summed E-state index contributed by atoms with van der Waals surface area (Å²) >= 11 is 0. The first-order chi connectivity index (χ1) is 18.3. The van der Waals surface area contributed by atoms with Crippen LogP contribution in [0, 0.1) is 0 Å². The Morgan fingerprint density at radius 2 is 1.47 bits per heavy atom. The molecule has 2 aromatic heterocycles. The number of fused-ring (bicyclic) bond motifs is 3. The van der Waals surface area contributed by atoms with E-state index in [4.69, 9.17) is 4.98 Å². The zero-order valence-electron chi connectivity index (χ0n) is 23.5. The average Bonchev–Trinajstić information content (AvgIpc) is 3.20. The molecule has 0 aliphatic heterocycles. The largest absolute Gasteiger partial charge is 0.507 e. The van der Waals surface area contributed by atoms with Gasteiger partial charge in [0.15, 0.2) is 0 Å². The molecule has 0 spiro atoms. The van der Waals surface area contributed by atoms with Gasteiger partial charge in [0, 0.05) is 28.3 Å². The van der Waals surface area contributed by atoms with Crippen LogP contribution in [0.15, 0.2) is 72.9 Å². The molecule has 2 aromatic carbocycles. The second-order valence-corrected chi connectivity index (χ2v) is 11.8. The van der Waals surface area contributed by atoms with Crippen LogP contribution in [0.4, 0.5) is 0 Å². The van der Waals surface area contributed by atoms with Gasteiger partial charge in [0.2, 0.25) is 0 Å². The standard InChI is InChI=1S/C35H40N2O/c1-6-8-18-35(19-9-7-2)27-13-12-15-31(38)32(27)33-28(35)16-17-30(37-33)25-21-24(29-14-10-11-20-36-29)22-26(23-25)34(3,4)5/h10-17,20-23,38H,6-9,18-19H2,1-5H3. The number of phenolic OH excluding ortho intramolecular Hbond substituents is 1. The highest BCUT2D eigenvalue weighted by Gasteiger charge is 2.44. The van der Waals surface area contributed by atoms with E-state index < -0.39 is 0 Å². The number of unbranched alkanes of at least 4 members (excludes halogenated alkanes) is 2. The van der Waals surface area contributed by atoms with E-state index >= 15 is 0 Å². The molecule has 3 nitrogen and oxygen atoms in total. The van der Waals surface area contributed by atoms with E-state index in [0.717, 1.165) is 72.3 Å². The molecule has 38 heavy (non-hydrogen) atoms. The summed E-state index contributed by atoms with van der Waals surface area (Å²) in [6.07, 6.45) is 8.62. The molecular formula is C35H40N2O. The monoisotopic (exact) mass is 504 g/mol. The second kappa shape index (κ2) is 10.4. The topological polar surface area (TPSA) is 46.0 Å². The number of aromatic nitrogens is 2. The molecule has 0 atom stereocenters. The van der Waals surface area contributed by atoms with Gasteiger partial charge in [0.25, 0.3) is 0 Å². The van der Waals surface area contributed by atoms with Gasteiger partial charge >= 0.3 is 0 Å². The Labute approximate surface area is 228 Å². The van der Waals surface area contributed by atoms with Crippen molar-refractivity contribution in [2.45, 2.75) is 84.0 Å². The van der Waals surface area contributed by atoms with Gasteiger partial charge in [-0.05, 0) is 77.4 Å². The van der Waals surface area contributed by atoms with Crippen molar-refractivity contribution in [2.75, 3.05) is 0 Å². The summed E-state index contributed by atoms with van der Waals surface area (Å²) in [6, 6.07) is 23.3. The number of rotatable bonds is 8. The first-order valence-corrected chi connectivity index (χ1v) is 14.2. The lowest BCUT2D eigenvalue weighted by molar-refractivity contribution is 0.412. The van der Waals surface area contributed by atoms with Crippen LogP contribution < -0.4 is 0 Å². The summed E-state index contributed by atoms with van der Waals surface area (Å²) in [5.41, 5.74) is 9.61. The van der Waals surface area contributed by atoms with E-state index in [1.165, 1.54) is 16.7 Å². The molecule has 0 saturated carbocycles. The van der Waals surface area contributed by atoms with Crippen molar-refractivity contribution in [1.82, 2.24) is 9.97 Å². The Kier molecular flexibility index (Phi) is 7.13. The molecule has 1 aliphatic carbocycles. The Hall–Kier alpha value is -3.46. The zero-order valence-corrected chi connectivity index (χ0v) is 23.5. The molecule has 5 rings (SSSR count). The number of nitrogens with zero attached hydrogens (tertiary/aromatic N) is 2. The third-order valence-electron chi connectivity index (χ3n) is 8.18. The van der Waals surface area contributed by atoms with Gasteiger partial charge in [-0.3, -0.25) is 4.98 Å². The van der Waals surface area contributed by atoms with Gasteiger partial charge in [-0.15, -0.1) is 0 Å². The summed E-state index contributed by atoms with van der Waals surface area (Å²) in [6.45, 7) is 11.3. The van der Waals surface area contributed by atoms with Gasteiger partial charge in [-0.25, -0.2) is 4.98 Å². The Bertz CT molecular complexity index is 1420. The SMILES string of the molecule is CCCCC1(CCCC)c2ccc(-c3cc(-c4ccccn4)cc(C(C)(C)C)c3)nc2-c2c(O)cccc21. The summed E-state index contributed by atoms with van der Waals surface area (Å²) in [4.78, 5) is 9.94. The first kappa shape index (κ1) is 26.2. The lowest BCUT2D eigenvalue weighted by Gasteiger charge is -2.32. The maximum absolute atomic E-state index is 11.1. The van der Waals surface area contributed by atoms with Crippen molar-refractivity contribution in [2.24, 2.45) is 0 Å². The lowest BCUT2D eigenvalue weighted by atomic mass is 9.71. The fourth-order valence-corrected chi connectivity index (χ4v) is 6.04. The highest BCUT2D eigenvalue weighted by Crippen LogP contribution is 2.56. The second-order valence-electron chi connectivity index (χ2n) is 11.8. The fourth-order valence-electron chi connectivity index (χ4n) is 6.04. The minimum absolute atomic E-state index is 0.0173. The summed E-state index contributed by atoms with van der Waals surface area (Å²) < 4.78 is 0. The van der Waals surface area contributed by atoms with Crippen molar-refractivity contribution in [3.63, 3.8) is 0 Å². The van der Waals surface area contributed by atoms with Crippen molar-refractivity contribution < 1.29 is 5.11 Å². The minimum Gasteiger partial charge on any atom is -0.507 e. The van der Waals surface area contributed by atoms with Gasteiger partial charge in [-0.1, -0.05) is 84.6 Å². The molecule has 0 fully saturated rings. The number of hydrogen-bond acceptors (Lipinski definition) is 3. The van der Waals surface area contributed by atoms with Crippen molar-refractivity contribution >= 4 is 0 Å². The van der Waals surface area contributed by atoms with Gasteiger partial charge < -0.3 is 5.11 Å². The minimum atomic E-state index is -0.0899. The Balaban J connectivity index is 1.71. The van der Waals surface area contributed by atoms with Gasteiger partial charge in [-0.2, -0.15) is 0 Å². The van der Waals surface area contributed by atoms with Crippen LogP contribution in [0.3, 0.4) is 0 Å². The molecule has 4 aromatic rings. The van der Waals surface area contributed by atoms with Crippen LogP contribution in [-0.2, 0) is 10.8 Å². The fraction of sp³-hybridized carbons (Fsp3) is 0.371. The molecule has 0 saturated heterocycles. The van der Waals surface area contributed by atoms with Crippen molar-refractivity contribution in [1.29, 1.82) is 0 Å². The molecule has 196 valence electrons. The Morgan fingerprint density at radius 1 is 0.763 bits per heavy atom. The molecule has 0 amide bonds. The average molecular weight is 505 g/mol. The normalized spacial score (nSPS) is 13.8. The number of hydrogen-bond donors (Lipinski definition) is 1. The third-order valence-corrected chi connectivity index (χ3v) is 8.18. The summed E-state index contributed by atoms with van der Waals surface area (Å²) in [5, 5.41) is 11.1. The number of benzene rings is 2. The van der Waals surface area contributed by atoms with E-state index in [9.17, 15) is 5.11 Å². The molecule has 1 N–H and O–H groups in total. The van der Waals surface area contributed by atoms with E-state index in [2.05, 4.69) is 82.1 Å². The van der Waals surface area contributed by atoms with Crippen LogP contribution in [0.25, 0.3) is 33.8 Å². The quantitative estimate of drug-likeness (QED) is 0.260. The third kappa shape index (κ3) is 4.64. The smallest absolute Gasteiger partial charge is 0.125 e. The lowest BCUT2D eigenvalue weighted by Crippen LogP contribution is -2.25. The van der Waals surface area contributed by atoms with Crippen LogP contribution in [0.1, 0.15) is 89.8 Å². The van der Waals surface area contributed by atoms with Crippen LogP contribution in [-0.4, -0.2) is 15.1 Å². The van der Waals surface area contributed by atoms with Crippen LogP contribution in [0.5, 0.6) is 5.75 Å². The summed E-state index contributed by atoms with van der Waals surface area (Å²) in [5.74, 6) is 0.334. The Morgan fingerprint density at radius 3 is 2.11 bits per heavy atom. The predicted octanol–water partition coefficient (Wildman–Crippen LogP) is 9.46. The molecule has 3 heteroatoms. The van der Waals surface area contributed by atoms with Gasteiger partial charge in [0.05, 0.1) is 17.1 Å². The first-order valence-electron chi connectivity index (χ1n) is 14.2. The highest BCUT2D eigenvalue weighted by molar-refractivity contribution is 5.84. The van der Waals surface area contributed by atoms with E-state index in [1.807, 2.05) is 30.5 Å². The zero-order chi connectivity index (χ0) is 26.9. The molecule has 0 bridgehead atoms. The maximum Gasteiger partial charge on any atom is 0.125 e. The number of aromatic hydroxyl groups is 1. The summed E-state index contributed by atoms with van der Waals surface area (Å²) in [7, 11) is 0. The molecular weight excluding hydrogens is 464 g/mol. The van der Waals surface area contributed by atoms with E-state index in [1.54, 1.807) is 0 Å². The maximum atomic E-state index is 11.1. The van der Waals surface area contributed by atoms with Crippen molar-refractivity contribution in [3.05, 3.63) is 89.6 Å². The van der Waals surface area contributed by atoms with Crippen molar-refractivity contribution in [3.8, 4) is 39.5 Å². The molecule has 0 radical (unpaired) electrons. The molecule has 0 unspecified atom stereocenters. The number of pyridine rings is 2. The van der Waals surface area contributed by atoms with Gasteiger partial charge in [0.1, 0.15) is 5.75 Å².